The second kappa shape index (κ2) is 6.76. The highest BCUT2D eigenvalue weighted by atomic mass is 35.5. The Morgan fingerprint density at radius 2 is 2.13 bits per heavy atom. The third-order valence-electron chi connectivity index (χ3n) is 3.08. The summed E-state index contributed by atoms with van der Waals surface area (Å²) in [5.74, 6) is 0.233. The minimum Gasteiger partial charge on any atom is -0.469 e. The molecule has 0 saturated heterocycles. The number of thiazole rings is 1. The van der Waals surface area contributed by atoms with Crippen molar-refractivity contribution in [3.05, 3.63) is 64.0 Å². The zero-order chi connectivity index (χ0) is 16.2. The van der Waals surface area contributed by atoms with Crippen LogP contribution < -0.4 is 5.43 Å². The lowest BCUT2D eigenvalue weighted by atomic mass is 10.2. The van der Waals surface area contributed by atoms with Gasteiger partial charge in [0.2, 0.25) is 0 Å². The average Bonchev–Trinajstić information content (AvgIpc) is 3.17. The van der Waals surface area contributed by atoms with Crippen LogP contribution in [0.5, 0.6) is 0 Å². The van der Waals surface area contributed by atoms with Crippen LogP contribution in [0, 0.1) is 6.92 Å². The van der Waals surface area contributed by atoms with Crippen molar-refractivity contribution in [2.75, 3.05) is 0 Å². The van der Waals surface area contributed by atoms with Crippen molar-refractivity contribution in [3.63, 3.8) is 0 Å². The predicted octanol–water partition coefficient (Wildman–Crippen LogP) is 4.13. The Balaban J connectivity index is 1.66. The van der Waals surface area contributed by atoms with Crippen LogP contribution >= 0.6 is 22.9 Å². The number of hydrogen-bond acceptors (Lipinski definition) is 5. The van der Waals surface area contributed by atoms with E-state index in [1.54, 1.807) is 13.0 Å². The quantitative estimate of drug-likeness (QED) is 0.571. The molecule has 0 aliphatic heterocycles. The molecule has 116 valence electrons. The van der Waals surface area contributed by atoms with Gasteiger partial charge in [0.15, 0.2) is 0 Å². The molecule has 3 rings (SSSR count). The molecule has 2 heterocycles. The first-order valence-electron chi connectivity index (χ1n) is 6.72. The molecule has 2 aromatic heterocycles. The summed E-state index contributed by atoms with van der Waals surface area (Å²) in [4.78, 5) is 16.3. The zero-order valence-corrected chi connectivity index (χ0v) is 13.7. The van der Waals surface area contributed by atoms with Gasteiger partial charge in [-0.15, -0.1) is 11.3 Å². The van der Waals surface area contributed by atoms with Crippen molar-refractivity contribution in [1.82, 2.24) is 10.4 Å². The summed E-state index contributed by atoms with van der Waals surface area (Å²) in [6.45, 7) is 1.72. The maximum Gasteiger partial charge on any atom is 0.274 e. The molecular weight excluding hydrogens is 334 g/mol. The van der Waals surface area contributed by atoms with E-state index >= 15 is 0 Å². The number of nitrogens with zero attached hydrogens (tertiary/aromatic N) is 2. The standard InChI is InChI=1S/C16H12ClN3O2S/c1-10-14(6-7-22-10)15(21)20-18-8-13-9-23-16(19-13)11-2-4-12(17)5-3-11/h2-9H,1H3,(H,20,21)/b18-8-. The van der Waals surface area contributed by atoms with Gasteiger partial charge in [-0.3, -0.25) is 4.79 Å². The number of hydrogen-bond donors (Lipinski definition) is 1. The van der Waals surface area contributed by atoms with Crippen LogP contribution in [0.3, 0.4) is 0 Å². The zero-order valence-electron chi connectivity index (χ0n) is 12.1. The van der Waals surface area contributed by atoms with Crippen LogP contribution in [0.1, 0.15) is 21.8 Å². The topological polar surface area (TPSA) is 67.5 Å². The third-order valence-corrected chi connectivity index (χ3v) is 4.24. The molecule has 0 bridgehead atoms. The van der Waals surface area contributed by atoms with Crippen molar-refractivity contribution in [3.8, 4) is 10.6 Å². The molecule has 1 N–H and O–H groups in total. The molecular formula is C16H12ClN3O2S. The van der Waals surface area contributed by atoms with Crippen LogP contribution in [0.4, 0.5) is 0 Å². The second-order valence-corrected chi connectivity index (χ2v) is 5.97. The normalized spacial score (nSPS) is 11.0. The molecule has 7 heteroatoms. The fourth-order valence-corrected chi connectivity index (χ4v) is 2.81. The summed E-state index contributed by atoms with van der Waals surface area (Å²) >= 11 is 7.37. The summed E-state index contributed by atoms with van der Waals surface area (Å²) in [5.41, 5.74) is 4.56. The van der Waals surface area contributed by atoms with E-state index in [1.807, 2.05) is 29.6 Å². The van der Waals surface area contributed by atoms with E-state index in [2.05, 4.69) is 15.5 Å². The number of halogens is 1. The van der Waals surface area contributed by atoms with Gasteiger partial charge in [-0.25, -0.2) is 10.4 Å². The predicted molar refractivity (Wildman–Crippen MR) is 91.1 cm³/mol. The third kappa shape index (κ3) is 3.67. The number of rotatable bonds is 4. The smallest absolute Gasteiger partial charge is 0.274 e. The number of amides is 1. The SMILES string of the molecule is Cc1occc1C(=O)N/N=C\c1csc(-c2ccc(Cl)cc2)n1. The van der Waals surface area contributed by atoms with Gasteiger partial charge in [-0.05, 0) is 25.1 Å². The Morgan fingerprint density at radius 3 is 2.83 bits per heavy atom. The van der Waals surface area contributed by atoms with Crippen LogP contribution in [0.25, 0.3) is 10.6 Å². The first-order chi connectivity index (χ1) is 11.1. The lowest BCUT2D eigenvalue weighted by Gasteiger charge is -1.96. The summed E-state index contributed by atoms with van der Waals surface area (Å²) < 4.78 is 5.08. The highest BCUT2D eigenvalue weighted by molar-refractivity contribution is 7.13. The van der Waals surface area contributed by atoms with Gasteiger partial charge < -0.3 is 4.42 Å². The fourth-order valence-electron chi connectivity index (χ4n) is 1.91. The minimum atomic E-state index is -0.319. The van der Waals surface area contributed by atoms with E-state index < -0.39 is 0 Å². The number of carbonyl (C=O) groups excluding carboxylic acids is 1. The van der Waals surface area contributed by atoms with Crippen LogP contribution in [-0.2, 0) is 0 Å². The lowest BCUT2D eigenvalue weighted by Crippen LogP contribution is -2.17. The molecule has 1 aromatic carbocycles. The van der Waals surface area contributed by atoms with E-state index in [1.165, 1.54) is 23.8 Å². The Kier molecular flexibility index (Phi) is 4.55. The summed E-state index contributed by atoms with van der Waals surface area (Å²) in [6, 6.07) is 9.05. The van der Waals surface area contributed by atoms with E-state index in [0.717, 1.165) is 10.6 Å². The molecule has 0 saturated carbocycles. The molecule has 0 aliphatic carbocycles. The molecule has 23 heavy (non-hydrogen) atoms. The first kappa shape index (κ1) is 15.5. The maximum atomic E-state index is 11.9. The largest absolute Gasteiger partial charge is 0.469 e. The highest BCUT2D eigenvalue weighted by Crippen LogP contribution is 2.24. The van der Waals surface area contributed by atoms with Crippen LogP contribution in [0.15, 0.2) is 51.5 Å². The summed E-state index contributed by atoms with van der Waals surface area (Å²) in [5, 5.41) is 7.33. The fraction of sp³-hybridized carbons (Fsp3) is 0.0625. The van der Waals surface area contributed by atoms with Gasteiger partial charge in [0, 0.05) is 16.0 Å². The second-order valence-electron chi connectivity index (χ2n) is 4.67. The van der Waals surface area contributed by atoms with Crippen molar-refractivity contribution in [2.24, 2.45) is 5.10 Å². The molecule has 1 amide bonds. The Morgan fingerprint density at radius 1 is 1.35 bits per heavy atom. The Hall–Kier alpha value is -2.44. The van der Waals surface area contributed by atoms with E-state index in [-0.39, 0.29) is 5.91 Å². The van der Waals surface area contributed by atoms with Crippen molar-refractivity contribution in [2.45, 2.75) is 6.92 Å². The highest BCUT2D eigenvalue weighted by Gasteiger charge is 2.10. The number of aryl methyl sites for hydroxylation is 1. The molecule has 0 fully saturated rings. The van der Waals surface area contributed by atoms with Gasteiger partial charge in [-0.1, -0.05) is 23.7 Å². The summed E-state index contributed by atoms with van der Waals surface area (Å²) in [6.07, 6.45) is 2.97. The van der Waals surface area contributed by atoms with E-state index in [4.69, 9.17) is 16.0 Å². The summed E-state index contributed by atoms with van der Waals surface area (Å²) in [7, 11) is 0. The minimum absolute atomic E-state index is 0.319. The Bertz CT molecular complexity index is 852. The number of nitrogens with one attached hydrogen (secondary N) is 1. The van der Waals surface area contributed by atoms with Gasteiger partial charge >= 0.3 is 0 Å². The van der Waals surface area contributed by atoms with Crippen molar-refractivity contribution in [1.29, 1.82) is 0 Å². The van der Waals surface area contributed by atoms with Gasteiger partial charge in [0.05, 0.1) is 23.7 Å². The number of benzene rings is 1. The van der Waals surface area contributed by atoms with Gasteiger partial charge in [0.1, 0.15) is 10.8 Å². The monoisotopic (exact) mass is 345 g/mol. The number of hydrazone groups is 1. The van der Waals surface area contributed by atoms with Crippen molar-refractivity contribution >= 4 is 35.1 Å². The number of aromatic nitrogens is 1. The molecule has 3 aromatic rings. The molecule has 0 spiro atoms. The van der Waals surface area contributed by atoms with Gasteiger partial charge in [-0.2, -0.15) is 5.10 Å². The van der Waals surface area contributed by atoms with E-state index in [0.29, 0.717) is 22.0 Å². The number of carbonyl (C=O) groups is 1. The van der Waals surface area contributed by atoms with Crippen molar-refractivity contribution < 1.29 is 9.21 Å². The van der Waals surface area contributed by atoms with E-state index in [9.17, 15) is 4.79 Å². The molecule has 0 unspecified atom stereocenters. The molecule has 0 aliphatic rings. The molecule has 0 atom stereocenters. The average molecular weight is 346 g/mol. The van der Waals surface area contributed by atoms with Crippen LogP contribution in [0.2, 0.25) is 5.02 Å². The van der Waals surface area contributed by atoms with Gasteiger partial charge in [0.25, 0.3) is 5.91 Å². The maximum absolute atomic E-state index is 11.9. The molecule has 0 radical (unpaired) electrons. The number of furan rings is 1. The molecule has 5 nitrogen and oxygen atoms in total. The van der Waals surface area contributed by atoms with Crippen LogP contribution in [-0.4, -0.2) is 17.1 Å². The first-order valence-corrected chi connectivity index (χ1v) is 7.98. The lowest BCUT2D eigenvalue weighted by molar-refractivity contribution is 0.0953. The Labute approximate surface area is 141 Å².